The fourth-order valence-electron chi connectivity index (χ4n) is 2.76. The normalized spacial score (nSPS) is 20.2. The third-order valence-corrected chi connectivity index (χ3v) is 3.98. The van der Waals surface area contributed by atoms with Crippen molar-refractivity contribution in [2.75, 3.05) is 11.9 Å². The molecule has 1 fully saturated rings. The van der Waals surface area contributed by atoms with Gasteiger partial charge in [0.1, 0.15) is 6.10 Å². The van der Waals surface area contributed by atoms with Crippen molar-refractivity contribution in [2.24, 2.45) is 0 Å². The molecule has 2 unspecified atom stereocenters. The lowest BCUT2D eigenvalue weighted by Gasteiger charge is -2.12. The number of aromatic carboxylic acids is 1. The highest BCUT2D eigenvalue weighted by atomic mass is 16.5. The zero-order valence-electron chi connectivity index (χ0n) is 12.4. The maximum Gasteiger partial charge on any atom is 0.337 e. The topological polar surface area (TPSA) is 75.6 Å². The van der Waals surface area contributed by atoms with Crippen molar-refractivity contribution in [1.29, 1.82) is 0 Å². The van der Waals surface area contributed by atoms with Crippen molar-refractivity contribution in [3.8, 4) is 0 Å². The zero-order valence-corrected chi connectivity index (χ0v) is 12.4. The molecule has 1 saturated heterocycles. The molecular formula is C18H17NO4. The lowest BCUT2D eigenvalue weighted by molar-refractivity contribution is -0.124. The molecule has 0 spiro atoms. The van der Waals surface area contributed by atoms with Gasteiger partial charge in [-0.15, -0.1) is 0 Å². The average Bonchev–Trinajstić information content (AvgIpc) is 3.06. The van der Waals surface area contributed by atoms with Crippen LogP contribution in [0.5, 0.6) is 0 Å². The van der Waals surface area contributed by atoms with Gasteiger partial charge in [0.25, 0.3) is 5.91 Å². The van der Waals surface area contributed by atoms with Gasteiger partial charge < -0.3 is 15.2 Å². The van der Waals surface area contributed by atoms with Crippen molar-refractivity contribution in [1.82, 2.24) is 0 Å². The van der Waals surface area contributed by atoms with E-state index in [4.69, 9.17) is 9.84 Å². The number of carboxylic acids is 1. The average molecular weight is 311 g/mol. The molecule has 2 aromatic carbocycles. The Kier molecular flexibility index (Phi) is 4.39. The van der Waals surface area contributed by atoms with Crippen LogP contribution in [0, 0.1) is 0 Å². The molecule has 3 rings (SSSR count). The smallest absolute Gasteiger partial charge is 0.337 e. The van der Waals surface area contributed by atoms with Gasteiger partial charge in [-0.25, -0.2) is 4.79 Å². The molecule has 2 atom stereocenters. The standard InChI is InChI=1S/C18H17NO4/c20-17(19-15-9-5-4-8-14(15)18(21)22)16-10-13(11-23-16)12-6-2-1-3-7-12/h1-9,13,16H,10-11H2,(H,19,20)(H,21,22). The van der Waals surface area contributed by atoms with E-state index >= 15 is 0 Å². The molecule has 0 saturated carbocycles. The predicted molar refractivity (Wildman–Crippen MR) is 85.6 cm³/mol. The Labute approximate surface area is 133 Å². The highest BCUT2D eigenvalue weighted by Crippen LogP contribution is 2.30. The maximum atomic E-state index is 12.3. The summed E-state index contributed by atoms with van der Waals surface area (Å²) in [5.41, 5.74) is 1.50. The third-order valence-electron chi connectivity index (χ3n) is 3.98. The van der Waals surface area contributed by atoms with Crippen molar-refractivity contribution in [3.05, 3.63) is 65.7 Å². The molecule has 2 N–H and O–H groups in total. The molecule has 0 aromatic heterocycles. The molecule has 5 heteroatoms. The van der Waals surface area contributed by atoms with Crippen LogP contribution in [0.1, 0.15) is 28.3 Å². The molecule has 118 valence electrons. The van der Waals surface area contributed by atoms with Gasteiger partial charge in [-0.3, -0.25) is 4.79 Å². The fourth-order valence-corrected chi connectivity index (χ4v) is 2.76. The maximum absolute atomic E-state index is 12.3. The van der Waals surface area contributed by atoms with Gasteiger partial charge in [-0.1, -0.05) is 42.5 Å². The number of anilines is 1. The van der Waals surface area contributed by atoms with E-state index in [0.717, 1.165) is 5.56 Å². The van der Waals surface area contributed by atoms with Crippen molar-refractivity contribution in [3.63, 3.8) is 0 Å². The SMILES string of the molecule is O=C(O)c1ccccc1NC(=O)C1CC(c2ccccc2)CO1. The van der Waals surface area contributed by atoms with E-state index in [0.29, 0.717) is 13.0 Å². The van der Waals surface area contributed by atoms with E-state index in [1.54, 1.807) is 18.2 Å². The van der Waals surface area contributed by atoms with Gasteiger partial charge in [-0.05, 0) is 24.1 Å². The second-order valence-corrected chi connectivity index (χ2v) is 5.51. The minimum absolute atomic E-state index is 0.0680. The first-order chi connectivity index (χ1) is 11.1. The number of nitrogens with one attached hydrogen (secondary N) is 1. The van der Waals surface area contributed by atoms with E-state index in [9.17, 15) is 9.59 Å². The lowest BCUT2D eigenvalue weighted by Crippen LogP contribution is -2.27. The number of hydrogen-bond acceptors (Lipinski definition) is 3. The first kappa shape index (κ1) is 15.2. The number of carbonyl (C=O) groups is 2. The molecule has 0 aliphatic carbocycles. The number of carbonyl (C=O) groups excluding carboxylic acids is 1. The number of benzene rings is 2. The lowest BCUT2D eigenvalue weighted by atomic mass is 9.96. The van der Waals surface area contributed by atoms with E-state index in [1.165, 1.54) is 6.07 Å². The molecule has 0 bridgehead atoms. The molecule has 23 heavy (non-hydrogen) atoms. The van der Waals surface area contributed by atoms with Crippen LogP contribution in [0.2, 0.25) is 0 Å². The van der Waals surface area contributed by atoms with Crippen LogP contribution in [0.15, 0.2) is 54.6 Å². The van der Waals surface area contributed by atoms with Gasteiger partial charge in [0.15, 0.2) is 0 Å². The Morgan fingerprint density at radius 1 is 1.04 bits per heavy atom. The van der Waals surface area contributed by atoms with Gasteiger partial charge >= 0.3 is 5.97 Å². The number of rotatable bonds is 4. The van der Waals surface area contributed by atoms with Crippen LogP contribution in [0.4, 0.5) is 5.69 Å². The second-order valence-electron chi connectivity index (χ2n) is 5.51. The number of carboxylic acid groups (broad SMARTS) is 1. The van der Waals surface area contributed by atoms with Crippen LogP contribution in [0.3, 0.4) is 0 Å². The fraction of sp³-hybridized carbons (Fsp3) is 0.222. The Bertz CT molecular complexity index is 714. The van der Waals surface area contributed by atoms with E-state index in [2.05, 4.69) is 5.32 Å². The van der Waals surface area contributed by atoms with Gasteiger partial charge in [0.2, 0.25) is 0 Å². The molecule has 2 aromatic rings. The molecular weight excluding hydrogens is 294 g/mol. The Hall–Kier alpha value is -2.66. The largest absolute Gasteiger partial charge is 0.478 e. The quantitative estimate of drug-likeness (QED) is 0.910. The minimum atomic E-state index is -1.07. The first-order valence-corrected chi connectivity index (χ1v) is 7.45. The number of para-hydroxylation sites is 1. The number of hydrogen-bond donors (Lipinski definition) is 2. The number of ether oxygens (including phenoxy) is 1. The molecule has 0 radical (unpaired) electrons. The molecule has 1 aliphatic rings. The second kappa shape index (κ2) is 6.62. The Morgan fingerprint density at radius 2 is 1.74 bits per heavy atom. The summed E-state index contributed by atoms with van der Waals surface area (Å²) in [7, 11) is 0. The van der Waals surface area contributed by atoms with E-state index in [1.807, 2.05) is 30.3 Å². The summed E-state index contributed by atoms with van der Waals surface area (Å²) in [4.78, 5) is 23.5. The zero-order chi connectivity index (χ0) is 16.2. The van der Waals surface area contributed by atoms with Crippen LogP contribution >= 0.6 is 0 Å². The summed E-state index contributed by atoms with van der Waals surface area (Å²) in [6.07, 6.45) is 0.0208. The number of amides is 1. The summed E-state index contributed by atoms with van der Waals surface area (Å²) in [6, 6.07) is 16.3. The highest BCUT2D eigenvalue weighted by molar-refractivity contribution is 6.01. The predicted octanol–water partition coefficient (Wildman–Crippen LogP) is 2.90. The Balaban J connectivity index is 1.67. The summed E-state index contributed by atoms with van der Waals surface area (Å²) < 4.78 is 5.59. The van der Waals surface area contributed by atoms with E-state index in [-0.39, 0.29) is 23.1 Å². The van der Waals surface area contributed by atoms with Gasteiger partial charge in [-0.2, -0.15) is 0 Å². The van der Waals surface area contributed by atoms with Crippen molar-refractivity contribution in [2.45, 2.75) is 18.4 Å². The van der Waals surface area contributed by atoms with E-state index < -0.39 is 12.1 Å². The summed E-state index contributed by atoms with van der Waals surface area (Å²) in [6.45, 7) is 0.489. The summed E-state index contributed by atoms with van der Waals surface area (Å²) in [5, 5.41) is 11.8. The monoisotopic (exact) mass is 311 g/mol. The van der Waals surface area contributed by atoms with Gasteiger partial charge in [0.05, 0.1) is 17.9 Å². The molecule has 1 aliphatic heterocycles. The van der Waals surface area contributed by atoms with Crippen LogP contribution in [-0.2, 0) is 9.53 Å². The van der Waals surface area contributed by atoms with Crippen molar-refractivity contribution >= 4 is 17.6 Å². The highest BCUT2D eigenvalue weighted by Gasteiger charge is 2.32. The van der Waals surface area contributed by atoms with Crippen LogP contribution < -0.4 is 5.32 Å². The molecule has 1 amide bonds. The van der Waals surface area contributed by atoms with Crippen molar-refractivity contribution < 1.29 is 19.4 Å². The minimum Gasteiger partial charge on any atom is -0.478 e. The molecule has 1 heterocycles. The Morgan fingerprint density at radius 3 is 2.48 bits per heavy atom. The third kappa shape index (κ3) is 3.40. The first-order valence-electron chi connectivity index (χ1n) is 7.45. The summed E-state index contributed by atoms with van der Waals surface area (Å²) in [5.74, 6) is -1.20. The molecule has 5 nitrogen and oxygen atoms in total. The van der Waals surface area contributed by atoms with Gasteiger partial charge in [0, 0.05) is 5.92 Å². The van der Waals surface area contributed by atoms with Crippen LogP contribution in [0.25, 0.3) is 0 Å². The van der Waals surface area contributed by atoms with Crippen LogP contribution in [-0.4, -0.2) is 29.7 Å². The summed E-state index contributed by atoms with van der Waals surface area (Å²) >= 11 is 0.